The molecule has 2 atom stereocenters. The number of piperazine rings is 1. The molecule has 2 amide bonds. The predicted octanol–water partition coefficient (Wildman–Crippen LogP) is 3.66. The number of hydrogen-bond acceptors (Lipinski definition) is 4. The van der Waals surface area contributed by atoms with Gasteiger partial charge in [0.1, 0.15) is 23.0 Å². The molecule has 0 aromatic carbocycles. The zero-order valence-electron chi connectivity index (χ0n) is 16.7. The fourth-order valence-corrected chi connectivity index (χ4v) is 3.33. The first-order chi connectivity index (χ1) is 13.3. The summed E-state index contributed by atoms with van der Waals surface area (Å²) in [6, 6.07) is 7.22. The van der Waals surface area contributed by atoms with Crippen molar-refractivity contribution in [1.29, 1.82) is 0 Å². The van der Waals surface area contributed by atoms with E-state index >= 15 is 0 Å². The molecule has 6 nitrogen and oxygen atoms in total. The molecule has 3 heterocycles. The van der Waals surface area contributed by atoms with E-state index in [1.165, 1.54) is 12.2 Å². The van der Waals surface area contributed by atoms with Crippen LogP contribution < -0.4 is 0 Å². The van der Waals surface area contributed by atoms with Gasteiger partial charge in [0, 0.05) is 37.3 Å². The lowest BCUT2D eigenvalue weighted by molar-refractivity contribution is -0.139. The zero-order valence-corrected chi connectivity index (χ0v) is 16.7. The van der Waals surface area contributed by atoms with Crippen LogP contribution in [0.1, 0.15) is 36.9 Å². The Morgan fingerprint density at radius 1 is 0.821 bits per heavy atom. The number of amides is 2. The van der Waals surface area contributed by atoms with E-state index in [1.807, 2.05) is 52.0 Å². The maximum Gasteiger partial charge on any atom is 0.247 e. The van der Waals surface area contributed by atoms with Crippen LogP contribution in [0.4, 0.5) is 0 Å². The molecular weight excluding hydrogens is 356 g/mol. The van der Waals surface area contributed by atoms with E-state index in [0.717, 1.165) is 11.5 Å². The molecule has 1 aliphatic rings. The molecule has 1 fully saturated rings. The number of nitrogens with zero attached hydrogens (tertiary/aromatic N) is 2. The van der Waals surface area contributed by atoms with Gasteiger partial charge in [-0.1, -0.05) is 0 Å². The van der Waals surface area contributed by atoms with Gasteiger partial charge in [0.15, 0.2) is 0 Å². The normalized spacial score (nSPS) is 20.4. The van der Waals surface area contributed by atoms with Crippen molar-refractivity contribution in [2.45, 2.75) is 39.8 Å². The molecule has 2 aromatic heterocycles. The second-order valence-electron chi connectivity index (χ2n) is 7.24. The average molecular weight is 382 g/mol. The first kappa shape index (κ1) is 19.7. The Labute approximate surface area is 165 Å². The highest BCUT2D eigenvalue weighted by molar-refractivity contribution is 5.93. The molecule has 2 unspecified atom stereocenters. The van der Waals surface area contributed by atoms with Gasteiger partial charge in [-0.05, 0) is 64.1 Å². The van der Waals surface area contributed by atoms with E-state index in [0.29, 0.717) is 24.6 Å². The predicted molar refractivity (Wildman–Crippen MR) is 107 cm³/mol. The van der Waals surface area contributed by atoms with E-state index in [-0.39, 0.29) is 23.9 Å². The standard InChI is InChI=1S/C22H26N2O4/c1-15-13-24(22(26)12-10-20-8-6-18(4)28-20)16(2)14-23(15)21(25)11-9-19-7-5-17(3)27-19/h5-12,15-16H,13-14H2,1-4H3. The lowest BCUT2D eigenvalue weighted by Gasteiger charge is -2.43. The molecule has 0 saturated carbocycles. The van der Waals surface area contributed by atoms with Gasteiger partial charge in [0.25, 0.3) is 0 Å². The third kappa shape index (κ3) is 4.63. The number of hydrogen-bond donors (Lipinski definition) is 0. The average Bonchev–Trinajstić information content (AvgIpc) is 3.27. The van der Waals surface area contributed by atoms with E-state index in [1.54, 1.807) is 22.0 Å². The molecule has 1 saturated heterocycles. The Bertz CT molecular complexity index is 831. The minimum absolute atomic E-state index is 0.0742. The molecule has 0 N–H and O–H groups in total. The molecule has 3 rings (SSSR count). The van der Waals surface area contributed by atoms with Crippen LogP contribution in [0.5, 0.6) is 0 Å². The van der Waals surface area contributed by atoms with Gasteiger partial charge in [0.05, 0.1) is 0 Å². The van der Waals surface area contributed by atoms with Crippen molar-refractivity contribution in [3.8, 4) is 0 Å². The fraction of sp³-hybridized carbons (Fsp3) is 0.364. The lowest BCUT2D eigenvalue weighted by Crippen LogP contribution is -2.59. The fourth-order valence-electron chi connectivity index (χ4n) is 3.33. The van der Waals surface area contributed by atoms with E-state index in [4.69, 9.17) is 8.83 Å². The SMILES string of the molecule is Cc1ccc(C=CC(=O)N2CC(C)N(C(=O)C=Cc3ccc(C)o3)CC2C)o1. The number of rotatable bonds is 4. The van der Waals surface area contributed by atoms with Gasteiger partial charge in [0.2, 0.25) is 11.8 Å². The van der Waals surface area contributed by atoms with Gasteiger partial charge in [-0.25, -0.2) is 0 Å². The Balaban J connectivity index is 1.61. The summed E-state index contributed by atoms with van der Waals surface area (Å²) in [4.78, 5) is 28.8. The Morgan fingerprint density at radius 2 is 1.21 bits per heavy atom. The summed E-state index contributed by atoms with van der Waals surface area (Å²) in [5.74, 6) is 2.75. The second-order valence-corrected chi connectivity index (χ2v) is 7.24. The topological polar surface area (TPSA) is 66.9 Å². The molecule has 0 bridgehead atoms. The monoisotopic (exact) mass is 382 g/mol. The molecule has 2 aromatic rings. The molecule has 1 aliphatic heterocycles. The highest BCUT2D eigenvalue weighted by Crippen LogP contribution is 2.18. The molecule has 0 aliphatic carbocycles. The van der Waals surface area contributed by atoms with Crippen molar-refractivity contribution in [3.05, 3.63) is 59.5 Å². The quantitative estimate of drug-likeness (QED) is 0.757. The Kier molecular flexibility index (Phi) is 5.87. The highest BCUT2D eigenvalue weighted by atomic mass is 16.3. The van der Waals surface area contributed by atoms with Crippen LogP contribution in [-0.4, -0.2) is 46.8 Å². The first-order valence-electron chi connectivity index (χ1n) is 9.43. The third-order valence-electron chi connectivity index (χ3n) is 4.85. The van der Waals surface area contributed by atoms with Crippen LogP contribution in [0.15, 0.2) is 45.3 Å². The van der Waals surface area contributed by atoms with Gasteiger partial charge in [-0.2, -0.15) is 0 Å². The number of furan rings is 2. The zero-order chi connectivity index (χ0) is 20.3. The smallest absolute Gasteiger partial charge is 0.247 e. The lowest BCUT2D eigenvalue weighted by atomic mass is 10.1. The van der Waals surface area contributed by atoms with Crippen LogP contribution in [0.2, 0.25) is 0 Å². The van der Waals surface area contributed by atoms with Crippen molar-refractivity contribution >= 4 is 24.0 Å². The molecule has 0 spiro atoms. The van der Waals surface area contributed by atoms with Crippen molar-refractivity contribution in [1.82, 2.24) is 9.80 Å². The summed E-state index contributed by atoms with van der Waals surface area (Å²) in [7, 11) is 0. The second kappa shape index (κ2) is 8.33. The number of aryl methyl sites for hydroxylation is 2. The Morgan fingerprint density at radius 3 is 1.54 bits per heavy atom. The van der Waals surface area contributed by atoms with Crippen molar-refractivity contribution in [3.63, 3.8) is 0 Å². The minimum Gasteiger partial charge on any atom is -0.462 e. The van der Waals surface area contributed by atoms with Crippen LogP contribution in [-0.2, 0) is 9.59 Å². The van der Waals surface area contributed by atoms with Crippen molar-refractivity contribution in [2.75, 3.05) is 13.1 Å². The van der Waals surface area contributed by atoms with Crippen LogP contribution >= 0.6 is 0 Å². The molecular formula is C22H26N2O4. The minimum atomic E-state index is -0.0814. The van der Waals surface area contributed by atoms with Crippen LogP contribution in [0, 0.1) is 13.8 Å². The largest absolute Gasteiger partial charge is 0.462 e. The summed E-state index contributed by atoms with van der Waals surface area (Å²) in [6.45, 7) is 8.60. The Hall–Kier alpha value is -3.02. The molecule has 0 radical (unpaired) electrons. The van der Waals surface area contributed by atoms with E-state index < -0.39 is 0 Å². The van der Waals surface area contributed by atoms with Gasteiger partial charge in [-0.15, -0.1) is 0 Å². The van der Waals surface area contributed by atoms with Crippen LogP contribution in [0.3, 0.4) is 0 Å². The first-order valence-corrected chi connectivity index (χ1v) is 9.43. The number of carbonyl (C=O) groups excluding carboxylic acids is 2. The summed E-state index contributed by atoms with van der Waals surface area (Å²) < 4.78 is 10.9. The van der Waals surface area contributed by atoms with Gasteiger partial charge >= 0.3 is 0 Å². The van der Waals surface area contributed by atoms with Crippen LogP contribution in [0.25, 0.3) is 12.2 Å². The maximum absolute atomic E-state index is 12.6. The van der Waals surface area contributed by atoms with Gasteiger partial charge in [-0.3, -0.25) is 9.59 Å². The van der Waals surface area contributed by atoms with E-state index in [2.05, 4.69) is 0 Å². The summed E-state index contributed by atoms with van der Waals surface area (Å²) in [6.07, 6.45) is 6.41. The molecule has 6 heteroatoms. The summed E-state index contributed by atoms with van der Waals surface area (Å²) in [5, 5.41) is 0. The van der Waals surface area contributed by atoms with Crippen molar-refractivity contribution < 1.29 is 18.4 Å². The maximum atomic E-state index is 12.6. The molecule has 28 heavy (non-hydrogen) atoms. The van der Waals surface area contributed by atoms with E-state index in [9.17, 15) is 9.59 Å². The molecule has 148 valence electrons. The van der Waals surface area contributed by atoms with Crippen molar-refractivity contribution in [2.24, 2.45) is 0 Å². The third-order valence-corrected chi connectivity index (χ3v) is 4.85. The number of carbonyl (C=O) groups is 2. The summed E-state index contributed by atoms with van der Waals surface area (Å²) >= 11 is 0. The summed E-state index contributed by atoms with van der Waals surface area (Å²) in [5.41, 5.74) is 0. The van der Waals surface area contributed by atoms with Gasteiger partial charge < -0.3 is 18.6 Å². The highest BCUT2D eigenvalue weighted by Gasteiger charge is 2.32.